The Bertz CT molecular complexity index is 526. The summed E-state index contributed by atoms with van der Waals surface area (Å²) < 4.78 is 3.38. The standard InChI is InChI=1S/C10H14N4O/c1-11-5-6-14-9-7-12-4-3-8(9)13(2)10(14)15/h3-4,7,11H,5-6H2,1-2H3. The number of hydrogen-bond donors (Lipinski definition) is 1. The summed E-state index contributed by atoms with van der Waals surface area (Å²) in [5, 5.41) is 3.03. The van der Waals surface area contributed by atoms with Gasteiger partial charge in [0, 0.05) is 26.3 Å². The fourth-order valence-electron chi connectivity index (χ4n) is 1.70. The Balaban J connectivity index is 2.62. The van der Waals surface area contributed by atoms with Crippen LogP contribution >= 0.6 is 0 Å². The van der Waals surface area contributed by atoms with Crippen molar-refractivity contribution < 1.29 is 0 Å². The molecule has 0 fully saturated rings. The van der Waals surface area contributed by atoms with Gasteiger partial charge in [-0.15, -0.1) is 0 Å². The Labute approximate surface area is 87.4 Å². The Morgan fingerprint density at radius 2 is 2.27 bits per heavy atom. The van der Waals surface area contributed by atoms with Crippen LogP contribution < -0.4 is 11.0 Å². The van der Waals surface area contributed by atoms with E-state index in [0.717, 1.165) is 17.6 Å². The highest BCUT2D eigenvalue weighted by atomic mass is 16.1. The van der Waals surface area contributed by atoms with Crippen LogP contribution in [0.4, 0.5) is 0 Å². The van der Waals surface area contributed by atoms with Crippen LogP contribution in [0.3, 0.4) is 0 Å². The van der Waals surface area contributed by atoms with Crippen LogP contribution in [0.15, 0.2) is 23.3 Å². The Morgan fingerprint density at radius 1 is 1.47 bits per heavy atom. The molecule has 2 rings (SSSR count). The number of aromatic nitrogens is 3. The van der Waals surface area contributed by atoms with Crippen molar-refractivity contribution in [1.82, 2.24) is 19.4 Å². The van der Waals surface area contributed by atoms with Gasteiger partial charge in [0.15, 0.2) is 0 Å². The molecule has 2 aromatic heterocycles. The van der Waals surface area contributed by atoms with E-state index in [2.05, 4.69) is 10.3 Å². The molecule has 0 unspecified atom stereocenters. The maximum absolute atomic E-state index is 11.9. The van der Waals surface area contributed by atoms with E-state index < -0.39 is 0 Å². The minimum absolute atomic E-state index is 0.00764. The second-order valence-corrected chi connectivity index (χ2v) is 3.46. The monoisotopic (exact) mass is 206 g/mol. The fourth-order valence-corrected chi connectivity index (χ4v) is 1.70. The molecule has 0 aliphatic rings. The maximum Gasteiger partial charge on any atom is 0.328 e. The first-order valence-corrected chi connectivity index (χ1v) is 4.89. The molecule has 80 valence electrons. The van der Waals surface area contributed by atoms with Crippen molar-refractivity contribution in [3.63, 3.8) is 0 Å². The van der Waals surface area contributed by atoms with Crippen LogP contribution in [-0.2, 0) is 13.6 Å². The summed E-state index contributed by atoms with van der Waals surface area (Å²) in [5.74, 6) is 0. The van der Waals surface area contributed by atoms with Crippen LogP contribution in [-0.4, -0.2) is 27.7 Å². The molecular weight excluding hydrogens is 192 g/mol. The van der Waals surface area contributed by atoms with Gasteiger partial charge >= 0.3 is 5.69 Å². The van der Waals surface area contributed by atoms with Gasteiger partial charge in [0.05, 0.1) is 17.2 Å². The van der Waals surface area contributed by atoms with Gasteiger partial charge in [0.25, 0.3) is 0 Å². The van der Waals surface area contributed by atoms with Crippen LogP contribution in [0.5, 0.6) is 0 Å². The lowest BCUT2D eigenvalue weighted by Gasteiger charge is -2.00. The third-order valence-electron chi connectivity index (χ3n) is 2.53. The molecule has 0 radical (unpaired) electrons. The van der Waals surface area contributed by atoms with Crippen LogP contribution in [0.2, 0.25) is 0 Å². The lowest BCUT2D eigenvalue weighted by atomic mass is 10.4. The Morgan fingerprint density at radius 3 is 3.00 bits per heavy atom. The van der Waals surface area contributed by atoms with Gasteiger partial charge in [-0.2, -0.15) is 0 Å². The molecule has 2 aromatic rings. The van der Waals surface area contributed by atoms with Gasteiger partial charge in [0.1, 0.15) is 0 Å². The third-order valence-corrected chi connectivity index (χ3v) is 2.53. The molecule has 0 saturated heterocycles. The number of likely N-dealkylation sites (N-methyl/N-ethyl adjacent to an activating group) is 1. The molecule has 0 atom stereocenters. The number of nitrogens with one attached hydrogen (secondary N) is 1. The van der Waals surface area contributed by atoms with Gasteiger partial charge in [-0.3, -0.25) is 14.1 Å². The SMILES string of the molecule is CNCCn1c(=O)n(C)c2ccncc21. The quantitative estimate of drug-likeness (QED) is 0.766. The first kappa shape index (κ1) is 9.92. The molecule has 0 amide bonds. The van der Waals surface area contributed by atoms with Crippen molar-refractivity contribution in [2.24, 2.45) is 7.05 Å². The molecule has 5 nitrogen and oxygen atoms in total. The van der Waals surface area contributed by atoms with Gasteiger partial charge in [-0.1, -0.05) is 0 Å². The molecule has 1 N–H and O–H groups in total. The molecule has 0 spiro atoms. The average molecular weight is 206 g/mol. The van der Waals surface area contributed by atoms with Crippen molar-refractivity contribution in [3.8, 4) is 0 Å². The van der Waals surface area contributed by atoms with Gasteiger partial charge in [0.2, 0.25) is 0 Å². The Hall–Kier alpha value is -1.62. The smallest absolute Gasteiger partial charge is 0.318 e. The average Bonchev–Trinajstić information content (AvgIpc) is 2.51. The third kappa shape index (κ3) is 1.55. The minimum atomic E-state index is 0.00764. The molecule has 0 aromatic carbocycles. The zero-order chi connectivity index (χ0) is 10.8. The lowest BCUT2D eigenvalue weighted by molar-refractivity contribution is 0.626. The summed E-state index contributed by atoms with van der Waals surface area (Å²) in [5.41, 5.74) is 1.82. The summed E-state index contributed by atoms with van der Waals surface area (Å²) in [4.78, 5) is 15.9. The van der Waals surface area contributed by atoms with Crippen molar-refractivity contribution in [3.05, 3.63) is 28.9 Å². The second-order valence-electron chi connectivity index (χ2n) is 3.46. The second kappa shape index (κ2) is 3.86. The number of rotatable bonds is 3. The summed E-state index contributed by atoms with van der Waals surface area (Å²) in [7, 11) is 3.65. The summed E-state index contributed by atoms with van der Waals surface area (Å²) in [6.45, 7) is 1.44. The van der Waals surface area contributed by atoms with Crippen molar-refractivity contribution in [2.45, 2.75) is 6.54 Å². The molecule has 2 heterocycles. The zero-order valence-corrected chi connectivity index (χ0v) is 8.90. The van der Waals surface area contributed by atoms with E-state index in [1.165, 1.54) is 0 Å². The lowest BCUT2D eigenvalue weighted by Crippen LogP contribution is -2.26. The van der Waals surface area contributed by atoms with E-state index in [4.69, 9.17) is 0 Å². The predicted molar refractivity (Wildman–Crippen MR) is 58.9 cm³/mol. The number of pyridine rings is 1. The largest absolute Gasteiger partial charge is 0.328 e. The van der Waals surface area contributed by atoms with E-state index in [9.17, 15) is 4.79 Å². The van der Waals surface area contributed by atoms with Crippen LogP contribution in [0.25, 0.3) is 11.0 Å². The summed E-state index contributed by atoms with van der Waals surface area (Å²) in [6, 6.07) is 1.85. The molecule has 15 heavy (non-hydrogen) atoms. The molecule has 0 bridgehead atoms. The van der Waals surface area contributed by atoms with Gasteiger partial charge < -0.3 is 5.32 Å². The van der Waals surface area contributed by atoms with Crippen LogP contribution in [0, 0.1) is 0 Å². The predicted octanol–water partition coefficient (Wildman–Crippen LogP) is -0.0456. The molecule has 0 saturated carbocycles. The maximum atomic E-state index is 11.9. The molecule has 0 aliphatic carbocycles. The van der Waals surface area contributed by atoms with Gasteiger partial charge in [-0.05, 0) is 13.1 Å². The van der Waals surface area contributed by atoms with E-state index in [1.54, 1.807) is 28.6 Å². The summed E-state index contributed by atoms with van der Waals surface area (Å²) in [6.07, 6.45) is 3.43. The van der Waals surface area contributed by atoms with E-state index in [1.807, 2.05) is 13.1 Å². The van der Waals surface area contributed by atoms with Crippen molar-refractivity contribution >= 4 is 11.0 Å². The number of imidazole rings is 1. The number of nitrogens with zero attached hydrogens (tertiary/aromatic N) is 3. The van der Waals surface area contributed by atoms with E-state index in [0.29, 0.717) is 6.54 Å². The zero-order valence-electron chi connectivity index (χ0n) is 8.90. The van der Waals surface area contributed by atoms with Crippen molar-refractivity contribution in [2.75, 3.05) is 13.6 Å². The van der Waals surface area contributed by atoms with E-state index in [-0.39, 0.29) is 5.69 Å². The molecule has 0 aliphatic heterocycles. The highest BCUT2D eigenvalue weighted by Crippen LogP contribution is 2.08. The summed E-state index contributed by atoms with van der Waals surface area (Å²) >= 11 is 0. The molecular formula is C10H14N4O. The topological polar surface area (TPSA) is 51.9 Å². The first-order valence-electron chi connectivity index (χ1n) is 4.89. The van der Waals surface area contributed by atoms with Crippen LogP contribution in [0.1, 0.15) is 0 Å². The normalized spacial score (nSPS) is 11.1. The van der Waals surface area contributed by atoms with Gasteiger partial charge in [-0.25, -0.2) is 4.79 Å². The number of fused-ring (bicyclic) bond motifs is 1. The van der Waals surface area contributed by atoms with E-state index >= 15 is 0 Å². The Kier molecular flexibility index (Phi) is 2.55. The number of aryl methyl sites for hydroxylation is 1. The fraction of sp³-hybridized carbons (Fsp3) is 0.400. The number of hydrogen-bond acceptors (Lipinski definition) is 3. The molecule has 5 heteroatoms. The minimum Gasteiger partial charge on any atom is -0.318 e. The first-order chi connectivity index (χ1) is 7.25. The highest BCUT2D eigenvalue weighted by Gasteiger charge is 2.08. The highest BCUT2D eigenvalue weighted by molar-refractivity contribution is 5.74. The van der Waals surface area contributed by atoms with Crippen molar-refractivity contribution in [1.29, 1.82) is 0 Å².